The van der Waals surface area contributed by atoms with E-state index in [1.165, 1.54) is 0 Å². The molecule has 0 bridgehead atoms. The number of ketones is 1. The van der Waals surface area contributed by atoms with Gasteiger partial charge < -0.3 is 4.52 Å². The van der Waals surface area contributed by atoms with Crippen molar-refractivity contribution >= 4 is 5.78 Å². The number of nitrogens with zero attached hydrogens (tertiary/aromatic N) is 2. The Hall–Kier alpha value is -1.19. The number of aromatic nitrogens is 2. The summed E-state index contributed by atoms with van der Waals surface area (Å²) in [6, 6.07) is 0. The molecular weight excluding hydrogens is 192 g/mol. The molecule has 82 valence electrons. The van der Waals surface area contributed by atoms with Crippen LogP contribution < -0.4 is 0 Å². The predicted octanol–water partition coefficient (Wildman–Crippen LogP) is 2.57. The van der Waals surface area contributed by atoms with Gasteiger partial charge in [0, 0.05) is 12.3 Å². The minimum Gasteiger partial charge on any atom is -0.339 e. The Morgan fingerprint density at radius 3 is 2.87 bits per heavy atom. The minimum absolute atomic E-state index is 0.000602. The van der Waals surface area contributed by atoms with Gasteiger partial charge in [-0.3, -0.25) is 4.79 Å². The molecule has 1 fully saturated rings. The van der Waals surface area contributed by atoms with E-state index in [4.69, 9.17) is 4.52 Å². The second-order valence-electron chi connectivity index (χ2n) is 4.59. The lowest BCUT2D eigenvalue weighted by Crippen LogP contribution is -2.03. The lowest BCUT2D eigenvalue weighted by Gasteiger charge is -1.99. The monoisotopic (exact) mass is 208 g/mol. The van der Waals surface area contributed by atoms with Crippen LogP contribution in [-0.2, 0) is 0 Å². The molecule has 15 heavy (non-hydrogen) atoms. The van der Waals surface area contributed by atoms with E-state index >= 15 is 0 Å². The highest BCUT2D eigenvalue weighted by molar-refractivity contribution is 5.92. The highest BCUT2D eigenvalue weighted by atomic mass is 16.5. The first kappa shape index (κ1) is 10.3. The van der Waals surface area contributed by atoms with Crippen molar-refractivity contribution < 1.29 is 9.32 Å². The molecular formula is C11H16N2O2. The van der Waals surface area contributed by atoms with Crippen LogP contribution in [0.1, 0.15) is 62.0 Å². The molecule has 1 aliphatic carbocycles. The quantitative estimate of drug-likeness (QED) is 0.698. The minimum atomic E-state index is -0.000602. The fourth-order valence-electron chi connectivity index (χ4n) is 1.38. The maximum absolute atomic E-state index is 11.6. The third-order valence-electron chi connectivity index (χ3n) is 2.57. The largest absolute Gasteiger partial charge is 0.339 e. The van der Waals surface area contributed by atoms with Crippen LogP contribution >= 0.6 is 0 Å². The van der Waals surface area contributed by atoms with Crippen molar-refractivity contribution in [2.75, 3.05) is 0 Å². The molecule has 0 unspecified atom stereocenters. The highest BCUT2D eigenvalue weighted by Crippen LogP contribution is 2.38. The molecule has 0 N–H and O–H groups in total. The third-order valence-corrected chi connectivity index (χ3v) is 2.57. The molecule has 4 nitrogen and oxygen atoms in total. The van der Waals surface area contributed by atoms with E-state index in [1.807, 2.05) is 0 Å². The fraction of sp³-hybridized carbons (Fsp3) is 0.727. The molecule has 0 aliphatic heterocycles. The Bertz CT molecular complexity index is 353. The number of rotatable bonds is 5. The van der Waals surface area contributed by atoms with Gasteiger partial charge in [-0.15, -0.1) is 0 Å². The molecule has 0 atom stereocenters. The second-order valence-corrected chi connectivity index (χ2v) is 4.59. The van der Waals surface area contributed by atoms with Crippen LogP contribution in [0.3, 0.4) is 0 Å². The van der Waals surface area contributed by atoms with E-state index in [0.717, 1.165) is 19.3 Å². The zero-order valence-electron chi connectivity index (χ0n) is 9.19. The van der Waals surface area contributed by atoms with E-state index < -0.39 is 0 Å². The Morgan fingerprint density at radius 1 is 1.53 bits per heavy atom. The van der Waals surface area contributed by atoms with Crippen molar-refractivity contribution in [3.05, 3.63) is 11.7 Å². The average Bonchev–Trinajstić information content (AvgIpc) is 2.93. The summed E-state index contributed by atoms with van der Waals surface area (Å²) in [6.07, 6.45) is 3.62. The molecule has 0 spiro atoms. The summed E-state index contributed by atoms with van der Waals surface area (Å²) in [7, 11) is 0. The van der Waals surface area contributed by atoms with Gasteiger partial charge in [-0.1, -0.05) is 19.0 Å². The van der Waals surface area contributed by atoms with E-state index in [9.17, 15) is 4.79 Å². The SMILES string of the molecule is CC(C)CCC(=O)c1noc(C2CC2)n1. The summed E-state index contributed by atoms with van der Waals surface area (Å²) in [5.41, 5.74) is 0. The number of Topliss-reactive ketones (excluding diaryl/α,β-unsaturated/α-hetero) is 1. The highest BCUT2D eigenvalue weighted by Gasteiger charge is 2.30. The Kier molecular flexibility index (Phi) is 2.84. The van der Waals surface area contributed by atoms with E-state index in [-0.39, 0.29) is 11.6 Å². The van der Waals surface area contributed by atoms with Crippen LogP contribution in [0.15, 0.2) is 4.52 Å². The molecule has 0 saturated heterocycles. The Labute approximate surface area is 89.1 Å². The number of hydrogen-bond donors (Lipinski definition) is 0. The predicted molar refractivity (Wildman–Crippen MR) is 54.7 cm³/mol. The van der Waals surface area contributed by atoms with Crippen molar-refractivity contribution in [1.29, 1.82) is 0 Å². The van der Waals surface area contributed by atoms with Gasteiger partial charge in [0.1, 0.15) is 0 Å². The fourth-order valence-corrected chi connectivity index (χ4v) is 1.38. The molecule has 2 rings (SSSR count). The lowest BCUT2D eigenvalue weighted by molar-refractivity contribution is 0.0962. The van der Waals surface area contributed by atoms with Gasteiger partial charge in [-0.05, 0) is 25.2 Å². The van der Waals surface area contributed by atoms with Gasteiger partial charge in [0.25, 0.3) is 0 Å². The molecule has 4 heteroatoms. The Balaban J connectivity index is 1.93. The van der Waals surface area contributed by atoms with Crippen molar-refractivity contribution in [3.8, 4) is 0 Å². The maximum atomic E-state index is 11.6. The molecule has 0 amide bonds. The molecule has 1 saturated carbocycles. The summed E-state index contributed by atoms with van der Waals surface area (Å²) >= 11 is 0. The number of hydrogen-bond acceptors (Lipinski definition) is 4. The molecule has 1 aromatic rings. The number of carbonyl (C=O) groups is 1. The van der Waals surface area contributed by atoms with Crippen LogP contribution in [0.4, 0.5) is 0 Å². The summed E-state index contributed by atoms with van der Waals surface area (Å²) in [5.74, 6) is 1.85. The van der Waals surface area contributed by atoms with Gasteiger partial charge in [0.15, 0.2) is 0 Å². The topological polar surface area (TPSA) is 56.0 Å². The summed E-state index contributed by atoms with van der Waals surface area (Å²) < 4.78 is 5.03. The zero-order chi connectivity index (χ0) is 10.8. The first-order valence-electron chi connectivity index (χ1n) is 5.53. The van der Waals surface area contributed by atoms with E-state index in [2.05, 4.69) is 24.0 Å². The van der Waals surface area contributed by atoms with Crippen molar-refractivity contribution in [2.45, 2.75) is 45.4 Å². The van der Waals surface area contributed by atoms with E-state index in [1.54, 1.807) is 0 Å². The van der Waals surface area contributed by atoms with Crippen LogP contribution in [0.25, 0.3) is 0 Å². The lowest BCUT2D eigenvalue weighted by atomic mass is 10.1. The standard InChI is InChI=1S/C11H16N2O2/c1-7(2)3-6-9(14)10-12-11(15-13-10)8-4-5-8/h7-8H,3-6H2,1-2H3. The molecule has 1 aromatic heterocycles. The van der Waals surface area contributed by atoms with Gasteiger partial charge in [-0.2, -0.15) is 4.98 Å². The average molecular weight is 208 g/mol. The van der Waals surface area contributed by atoms with Crippen LogP contribution in [0.5, 0.6) is 0 Å². The normalized spacial score (nSPS) is 15.9. The smallest absolute Gasteiger partial charge is 0.238 e. The first-order valence-corrected chi connectivity index (χ1v) is 5.53. The maximum Gasteiger partial charge on any atom is 0.238 e. The zero-order valence-corrected chi connectivity index (χ0v) is 9.19. The Morgan fingerprint density at radius 2 is 2.27 bits per heavy atom. The molecule has 1 heterocycles. The number of carbonyl (C=O) groups excluding carboxylic acids is 1. The van der Waals surface area contributed by atoms with Crippen LogP contribution in [-0.4, -0.2) is 15.9 Å². The molecule has 0 radical (unpaired) electrons. The van der Waals surface area contributed by atoms with Crippen LogP contribution in [0.2, 0.25) is 0 Å². The van der Waals surface area contributed by atoms with Gasteiger partial charge in [0.05, 0.1) is 0 Å². The summed E-state index contributed by atoms with van der Waals surface area (Å²) in [5, 5.41) is 3.72. The van der Waals surface area contributed by atoms with E-state index in [0.29, 0.717) is 24.1 Å². The van der Waals surface area contributed by atoms with Gasteiger partial charge in [-0.25, -0.2) is 0 Å². The summed E-state index contributed by atoms with van der Waals surface area (Å²) in [6.45, 7) is 4.19. The van der Waals surface area contributed by atoms with Gasteiger partial charge >= 0.3 is 0 Å². The van der Waals surface area contributed by atoms with Crippen molar-refractivity contribution in [3.63, 3.8) is 0 Å². The molecule has 0 aromatic carbocycles. The van der Waals surface area contributed by atoms with Gasteiger partial charge in [0.2, 0.25) is 17.5 Å². The van der Waals surface area contributed by atoms with Crippen molar-refractivity contribution in [1.82, 2.24) is 10.1 Å². The van der Waals surface area contributed by atoms with Crippen molar-refractivity contribution in [2.24, 2.45) is 5.92 Å². The third kappa shape index (κ3) is 2.64. The van der Waals surface area contributed by atoms with Crippen LogP contribution in [0, 0.1) is 5.92 Å². The first-order chi connectivity index (χ1) is 7.16. The summed E-state index contributed by atoms with van der Waals surface area (Å²) in [4.78, 5) is 15.7. The second kappa shape index (κ2) is 4.13. The molecule has 1 aliphatic rings.